The highest BCUT2D eigenvalue weighted by atomic mass is 35.5. The molecule has 0 bridgehead atoms. The van der Waals surface area contributed by atoms with E-state index in [2.05, 4.69) is 44.4 Å². The van der Waals surface area contributed by atoms with Gasteiger partial charge in [-0.25, -0.2) is 38.7 Å². The Kier molecular flexibility index (Phi) is 17.1. The molecule has 80 heavy (non-hydrogen) atoms. The number of amides is 2. The van der Waals surface area contributed by atoms with E-state index in [1.807, 2.05) is 9.80 Å². The zero-order valence-electron chi connectivity index (χ0n) is 43.9. The molecule has 0 radical (unpaired) electrons. The molecule has 0 spiro atoms. The summed E-state index contributed by atoms with van der Waals surface area (Å²) in [6, 6.07) is 4.53. The number of aliphatic hydroxyl groups is 1. The Hall–Kier alpha value is -7.48. The number of ether oxygens (including phenoxy) is 7. The number of nitrogens with one attached hydrogen (secondary N) is 4. The van der Waals surface area contributed by atoms with Crippen LogP contribution in [0.15, 0.2) is 62.0 Å². The molecule has 4 saturated heterocycles. The first-order chi connectivity index (χ1) is 38.8. The molecule has 422 valence electrons. The average Bonchev–Trinajstić information content (AvgIpc) is 4.12. The molecule has 0 saturated carbocycles. The molecule has 5 atom stereocenters. The smallest absolute Gasteiger partial charge is 0.243 e. The number of aromatic nitrogens is 6. The van der Waals surface area contributed by atoms with E-state index in [-0.39, 0.29) is 102 Å². The number of rotatable bonds is 19. The minimum Gasteiger partial charge on any atom is -0.495 e. The van der Waals surface area contributed by atoms with Gasteiger partial charge >= 0.3 is 0 Å². The first-order valence-corrected chi connectivity index (χ1v) is 26.5. The molecule has 4 aliphatic heterocycles. The second kappa shape index (κ2) is 24.5. The van der Waals surface area contributed by atoms with Crippen molar-refractivity contribution in [1.29, 1.82) is 0 Å². The van der Waals surface area contributed by atoms with E-state index < -0.39 is 41.5 Å². The van der Waals surface area contributed by atoms with Crippen molar-refractivity contribution >= 4 is 80.4 Å². The number of methoxy groups -OCH3 is 3. The summed E-state index contributed by atoms with van der Waals surface area (Å²) >= 11 is 14.4. The Bertz CT molecular complexity index is 3320. The van der Waals surface area contributed by atoms with E-state index in [1.165, 1.54) is 45.7 Å². The Labute approximate surface area is 468 Å². The zero-order valence-corrected chi connectivity index (χ0v) is 45.4. The third-order valence-electron chi connectivity index (χ3n) is 14.3. The van der Waals surface area contributed by atoms with Gasteiger partial charge in [-0.05, 0) is 37.1 Å². The summed E-state index contributed by atoms with van der Waals surface area (Å²) in [6.07, 6.45) is 6.00. The van der Waals surface area contributed by atoms with Crippen LogP contribution >= 0.6 is 23.2 Å². The molecule has 1 unspecified atom stereocenters. The van der Waals surface area contributed by atoms with Crippen molar-refractivity contribution in [3.63, 3.8) is 0 Å². The molecule has 6 aromatic rings. The van der Waals surface area contributed by atoms with Gasteiger partial charge < -0.3 is 69.3 Å². The number of benzene rings is 2. The molecule has 2 amide bonds. The van der Waals surface area contributed by atoms with Gasteiger partial charge in [0.05, 0.1) is 124 Å². The van der Waals surface area contributed by atoms with Crippen LogP contribution in [0.3, 0.4) is 0 Å². The van der Waals surface area contributed by atoms with Gasteiger partial charge in [-0.1, -0.05) is 36.4 Å². The van der Waals surface area contributed by atoms with Gasteiger partial charge in [0.1, 0.15) is 22.5 Å². The van der Waals surface area contributed by atoms with Gasteiger partial charge in [0.15, 0.2) is 34.8 Å². The maximum atomic E-state index is 16.1. The highest BCUT2D eigenvalue weighted by Gasteiger charge is 2.34. The Morgan fingerprint density at radius 2 is 1.20 bits per heavy atom. The van der Waals surface area contributed by atoms with Crippen molar-refractivity contribution in [2.45, 2.75) is 55.6 Å². The second-order valence-corrected chi connectivity index (χ2v) is 20.1. The Morgan fingerprint density at radius 3 is 1.74 bits per heavy atom. The predicted molar refractivity (Wildman–Crippen MR) is 295 cm³/mol. The maximum Gasteiger partial charge on any atom is 0.243 e. The van der Waals surface area contributed by atoms with E-state index in [1.54, 1.807) is 18.3 Å². The molecular weight excluding hydrogens is 1090 g/mol. The monoisotopic (exact) mass is 1140 g/mol. The van der Waals surface area contributed by atoms with Gasteiger partial charge in [0.25, 0.3) is 0 Å². The van der Waals surface area contributed by atoms with E-state index in [0.717, 1.165) is 6.07 Å². The van der Waals surface area contributed by atoms with Crippen molar-refractivity contribution in [2.24, 2.45) is 0 Å². The van der Waals surface area contributed by atoms with Crippen molar-refractivity contribution < 1.29 is 56.6 Å². The fourth-order valence-electron chi connectivity index (χ4n) is 10.0. The first-order valence-electron chi connectivity index (χ1n) is 25.8. The number of carbonyl (C=O) groups is 2. The lowest BCUT2D eigenvalue weighted by atomic mass is 10.1. The lowest BCUT2D eigenvalue weighted by Gasteiger charge is -2.34. The van der Waals surface area contributed by atoms with E-state index in [9.17, 15) is 14.7 Å². The molecule has 10 rings (SSSR count). The molecule has 22 nitrogen and oxygen atoms in total. The molecule has 8 heterocycles. The third kappa shape index (κ3) is 11.7. The summed E-state index contributed by atoms with van der Waals surface area (Å²) in [7, 11) is 4.01. The van der Waals surface area contributed by atoms with Crippen LogP contribution in [0.1, 0.15) is 19.3 Å². The van der Waals surface area contributed by atoms with Crippen molar-refractivity contribution in [1.82, 2.24) is 40.5 Å². The van der Waals surface area contributed by atoms with Crippen LogP contribution in [0.5, 0.6) is 23.0 Å². The number of anilines is 4. The van der Waals surface area contributed by atoms with E-state index in [4.69, 9.17) is 76.3 Å². The van der Waals surface area contributed by atoms with E-state index >= 15 is 8.78 Å². The minimum absolute atomic E-state index is 0.0635. The number of morpholine rings is 1. The lowest BCUT2D eigenvalue weighted by Crippen LogP contribution is -2.45. The summed E-state index contributed by atoms with van der Waals surface area (Å²) in [6.45, 7) is 10.1. The number of nitrogens with zero attached hydrogens (tertiary/aromatic N) is 8. The van der Waals surface area contributed by atoms with Crippen molar-refractivity contribution in [3.05, 3.63) is 83.6 Å². The van der Waals surface area contributed by atoms with Crippen LogP contribution in [0.2, 0.25) is 10.0 Å². The Balaban J connectivity index is 0.929. The maximum absolute atomic E-state index is 16.1. The summed E-state index contributed by atoms with van der Waals surface area (Å²) in [5.74, 6) is -1.31. The van der Waals surface area contributed by atoms with Crippen LogP contribution in [-0.2, 0) is 23.8 Å². The summed E-state index contributed by atoms with van der Waals surface area (Å²) in [5.41, 5.74) is 1.09. The van der Waals surface area contributed by atoms with Crippen LogP contribution in [-0.4, -0.2) is 170 Å². The molecule has 4 aliphatic rings. The summed E-state index contributed by atoms with van der Waals surface area (Å²) in [5, 5.41) is 24.2. The SMILES string of the molecule is C=CC(=O)N[C@H]1COC[C@H]1Nc1ncc2cc(-c3c(F)c(OC)cc(OC)c3F)nc(N3CCOC(CCOc4cc(OC)c(Cl)c(-c5cc6cnc(N[C@@H]7COC[C@@H]7NC(=O)C=C)nc6c(N6CCC(O)CC6)n5)c4Cl)C3)c2n1. The summed E-state index contributed by atoms with van der Waals surface area (Å²) < 4.78 is 72.6. The molecule has 2 aromatic carbocycles. The normalized spacial score (nSPS) is 20.4. The number of halogens is 4. The Morgan fingerprint density at radius 1 is 0.700 bits per heavy atom. The van der Waals surface area contributed by atoms with Crippen LogP contribution in [0, 0.1) is 11.6 Å². The number of hydrogen-bond donors (Lipinski definition) is 5. The third-order valence-corrected chi connectivity index (χ3v) is 15.0. The van der Waals surface area contributed by atoms with Gasteiger partial charge in [-0.2, -0.15) is 0 Å². The fraction of sp³-hybridized carbons (Fsp3) is 0.407. The van der Waals surface area contributed by atoms with Gasteiger partial charge in [-0.15, -0.1) is 0 Å². The second-order valence-electron chi connectivity index (χ2n) is 19.3. The van der Waals surface area contributed by atoms with Crippen molar-refractivity contribution in [3.8, 4) is 45.5 Å². The van der Waals surface area contributed by atoms with Gasteiger partial charge in [-0.3, -0.25) is 9.59 Å². The number of aliphatic hydroxyl groups excluding tert-OH is 1. The lowest BCUT2D eigenvalue weighted by molar-refractivity contribution is -0.118. The summed E-state index contributed by atoms with van der Waals surface area (Å²) in [4.78, 5) is 57.3. The minimum atomic E-state index is -0.979. The predicted octanol–water partition coefficient (Wildman–Crippen LogP) is 5.91. The highest BCUT2D eigenvalue weighted by molar-refractivity contribution is 6.41. The first kappa shape index (κ1) is 55.8. The number of piperidine rings is 1. The average molecular weight is 1140 g/mol. The molecule has 26 heteroatoms. The van der Waals surface area contributed by atoms with Gasteiger partial charge in [0, 0.05) is 73.5 Å². The molecule has 0 aliphatic carbocycles. The molecular formula is C54H58Cl2F2N12O10. The van der Waals surface area contributed by atoms with Crippen LogP contribution < -0.4 is 50.0 Å². The molecule has 4 aromatic heterocycles. The standard InChI is InChI=1S/C54H58Cl2F2N12O10/c1-6-41(72)61-33-23-77-25-35(33)65-53-59-20-27-16-31(63-51(49(27)67-53)69-11-8-29(71)9-12-69)43-45(55)37(74-3)18-38(46(43)56)80-14-10-30-22-70(13-15-79-30)52-50-28(17-32(64-52)44-47(57)39(75-4)19-40(76-5)48(44)58)21-60-54(68-50)66-36-26-78-24-34(36)62-42(73)7-2/h6-7,16-21,29-30,33-36,71H,1-2,8-15,22-26H2,3-5H3,(H,61,72)(H,62,73)(H,59,65,67)(H,60,66,68)/t30?,33-,34-,35+,36+/m0/s1. The largest absolute Gasteiger partial charge is 0.495 e. The zero-order chi connectivity index (χ0) is 56.2. The number of hydrogen-bond acceptors (Lipinski definition) is 20. The van der Waals surface area contributed by atoms with Crippen LogP contribution in [0.25, 0.3) is 44.3 Å². The number of carbonyl (C=O) groups excluding carboxylic acids is 2. The van der Waals surface area contributed by atoms with Gasteiger partial charge in [0.2, 0.25) is 23.7 Å². The number of fused-ring (bicyclic) bond motifs is 2. The highest BCUT2D eigenvalue weighted by Crippen LogP contribution is 2.47. The van der Waals surface area contributed by atoms with Crippen molar-refractivity contribution in [2.75, 3.05) is 108 Å². The topological polar surface area (TPSA) is 251 Å². The molecule has 5 N–H and O–H groups in total. The fourth-order valence-corrected chi connectivity index (χ4v) is 10.7. The molecule has 4 fully saturated rings. The van der Waals surface area contributed by atoms with Crippen LogP contribution in [0.4, 0.5) is 32.3 Å². The number of pyridine rings is 2. The van der Waals surface area contributed by atoms with E-state index in [0.29, 0.717) is 103 Å². The quantitative estimate of drug-likeness (QED) is 0.0592.